The van der Waals surface area contributed by atoms with Crippen LogP contribution in [0.2, 0.25) is 0 Å². The van der Waals surface area contributed by atoms with Crippen molar-refractivity contribution >= 4 is 11.6 Å². The van der Waals surface area contributed by atoms with Gasteiger partial charge in [0.25, 0.3) is 5.91 Å². The van der Waals surface area contributed by atoms with Gasteiger partial charge in [-0.05, 0) is 47.9 Å². The molecule has 0 atom stereocenters. The van der Waals surface area contributed by atoms with Gasteiger partial charge in [0.05, 0.1) is 18.9 Å². The van der Waals surface area contributed by atoms with E-state index in [4.69, 9.17) is 14.3 Å². The minimum atomic E-state index is -0.0248. The molecule has 34 heavy (non-hydrogen) atoms. The number of oxime groups is 1. The Hall–Kier alpha value is -3.64. The average molecular weight is 459 g/mol. The quantitative estimate of drug-likeness (QED) is 0.352. The van der Waals surface area contributed by atoms with Crippen molar-refractivity contribution in [2.75, 3.05) is 32.9 Å². The summed E-state index contributed by atoms with van der Waals surface area (Å²) in [5.41, 5.74) is 5.21. The zero-order chi connectivity index (χ0) is 23.6. The van der Waals surface area contributed by atoms with E-state index in [0.717, 1.165) is 22.4 Å². The minimum absolute atomic E-state index is 0.0178. The van der Waals surface area contributed by atoms with E-state index < -0.39 is 0 Å². The van der Waals surface area contributed by atoms with Crippen LogP contribution in [0.5, 0.6) is 5.75 Å². The number of nitrogens with zero attached hydrogens (tertiary/aromatic N) is 2. The van der Waals surface area contributed by atoms with Crippen molar-refractivity contribution < 1.29 is 19.1 Å². The van der Waals surface area contributed by atoms with Gasteiger partial charge in [-0.1, -0.05) is 65.3 Å². The number of carbonyl (C=O) groups is 1. The molecule has 1 fully saturated rings. The highest BCUT2D eigenvalue weighted by molar-refractivity contribution is 6.01. The Bertz CT molecular complexity index is 1070. The summed E-state index contributed by atoms with van der Waals surface area (Å²) in [6.07, 6.45) is 0.643. The van der Waals surface area contributed by atoms with Crippen molar-refractivity contribution in [1.82, 2.24) is 4.90 Å². The summed E-state index contributed by atoms with van der Waals surface area (Å²) in [6.45, 7) is 4.87. The molecular formula is C28H30N2O4. The number of carbonyl (C=O) groups excluding carboxylic acids is 1. The zero-order valence-electron chi connectivity index (χ0n) is 19.5. The minimum Gasteiger partial charge on any atom is -0.484 e. The topological polar surface area (TPSA) is 60.4 Å². The van der Waals surface area contributed by atoms with E-state index in [1.807, 2.05) is 54.6 Å². The van der Waals surface area contributed by atoms with Crippen molar-refractivity contribution in [3.63, 3.8) is 0 Å². The predicted octanol–water partition coefficient (Wildman–Crippen LogP) is 4.40. The molecule has 1 aliphatic rings. The van der Waals surface area contributed by atoms with Crippen LogP contribution >= 0.6 is 0 Å². The molecule has 3 aromatic carbocycles. The second-order valence-corrected chi connectivity index (χ2v) is 8.27. The summed E-state index contributed by atoms with van der Waals surface area (Å²) in [5.74, 6) is 0.619. The Balaban J connectivity index is 1.41. The third-order valence-electron chi connectivity index (χ3n) is 5.65. The molecule has 0 aliphatic carbocycles. The fraction of sp³-hybridized carbons (Fsp3) is 0.286. The van der Waals surface area contributed by atoms with E-state index in [0.29, 0.717) is 45.1 Å². The highest BCUT2D eigenvalue weighted by Gasteiger charge is 2.17. The van der Waals surface area contributed by atoms with Gasteiger partial charge < -0.3 is 19.2 Å². The van der Waals surface area contributed by atoms with Crippen molar-refractivity contribution in [3.05, 3.63) is 101 Å². The number of benzene rings is 3. The molecule has 0 spiro atoms. The number of morpholine rings is 1. The van der Waals surface area contributed by atoms with Gasteiger partial charge in [0.15, 0.2) is 6.61 Å². The number of amides is 1. The second-order valence-electron chi connectivity index (χ2n) is 8.27. The number of aryl methyl sites for hydroxylation is 1. The lowest BCUT2D eigenvalue weighted by atomic mass is 10.0. The van der Waals surface area contributed by atoms with Crippen molar-refractivity contribution in [2.45, 2.75) is 20.0 Å². The Labute approximate surface area is 200 Å². The van der Waals surface area contributed by atoms with Crippen LogP contribution in [0, 0.1) is 6.92 Å². The molecule has 0 aromatic heterocycles. The van der Waals surface area contributed by atoms with Gasteiger partial charge in [-0.25, -0.2) is 0 Å². The molecule has 3 aromatic rings. The van der Waals surface area contributed by atoms with Gasteiger partial charge in [-0.15, -0.1) is 0 Å². The highest BCUT2D eigenvalue weighted by atomic mass is 16.6. The highest BCUT2D eigenvalue weighted by Crippen LogP contribution is 2.16. The lowest BCUT2D eigenvalue weighted by Crippen LogP contribution is -2.42. The first-order valence-corrected chi connectivity index (χ1v) is 11.5. The molecule has 1 aliphatic heterocycles. The first-order valence-electron chi connectivity index (χ1n) is 11.5. The van der Waals surface area contributed by atoms with Crippen molar-refractivity contribution in [2.24, 2.45) is 5.16 Å². The van der Waals surface area contributed by atoms with Gasteiger partial charge in [0, 0.05) is 19.5 Å². The molecule has 6 heteroatoms. The normalized spacial score (nSPS) is 14.0. The van der Waals surface area contributed by atoms with Crippen LogP contribution in [0.15, 0.2) is 84.0 Å². The monoisotopic (exact) mass is 458 g/mol. The van der Waals surface area contributed by atoms with Gasteiger partial charge in [0.1, 0.15) is 12.4 Å². The van der Waals surface area contributed by atoms with Crippen LogP contribution in [-0.2, 0) is 27.4 Å². The molecule has 176 valence electrons. The maximum atomic E-state index is 12.3. The first kappa shape index (κ1) is 23.5. The molecule has 6 nitrogen and oxygen atoms in total. The molecule has 4 rings (SSSR count). The van der Waals surface area contributed by atoms with E-state index in [1.165, 1.54) is 5.56 Å². The fourth-order valence-corrected chi connectivity index (χ4v) is 3.64. The number of hydrogen-bond donors (Lipinski definition) is 0. The lowest BCUT2D eigenvalue weighted by Gasteiger charge is -2.26. The van der Waals surface area contributed by atoms with E-state index >= 15 is 0 Å². The van der Waals surface area contributed by atoms with E-state index in [1.54, 1.807) is 4.90 Å². The van der Waals surface area contributed by atoms with Crippen LogP contribution in [-0.4, -0.2) is 49.4 Å². The average Bonchev–Trinajstić information content (AvgIpc) is 2.89. The Morgan fingerprint density at radius 1 is 0.912 bits per heavy atom. The Morgan fingerprint density at radius 2 is 1.62 bits per heavy atom. The van der Waals surface area contributed by atoms with Crippen LogP contribution in [0.25, 0.3) is 0 Å². The van der Waals surface area contributed by atoms with Crippen LogP contribution in [0.3, 0.4) is 0 Å². The standard InChI is InChI=1S/C28H30N2O4/c1-22-7-9-24(10-8-22)20-34-29-27(19-23-5-3-2-4-6-23)25-11-13-26(14-12-25)33-21-28(31)30-15-17-32-18-16-30/h2-14H,15-21H2,1H3. The van der Waals surface area contributed by atoms with Gasteiger partial charge >= 0.3 is 0 Å². The SMILES string of the molecule is Cc1ccc(CON=C(Cc2ccccc2)c2ccc(OCC(=O)N3CCOCC3)cc2)cc1. The summed E-state index contributed by atoms with van der Waals surface area (Å²) < 4.78 is 11.0. The summed E-state index contributed by atoms with van der Waals surface area (Å²) in [5, 5.41) is 4.48. The van der Waals surface area contributed by atoms with Gasteiger partial charge in [-0.2, -0.15) is 0 Å². The Morgan fingerprint density at radius 3 is 2.32 bits per heavy atom. The van der Waals surface area contributed by atoms with Crippen LogP contribution in [0.4, 0.5) is 0 Å². The van der Waals surface area contributed by atoms with E-state index in [2.05, 4.69) is 36.3 Å². The largest absolute Gasteiger partial charge is 0.484 e. The molecule has 0 bridgehead atoms. The predicted molar refractivity (Wildman–Crippen MR) is 132 cm³/mol. The molecule has 0 saturated carbocycles. The molecule has 1 amide bonds. The third-order valence-corrected chi connectivity index (χ3v) is 5.65. The van der Waals surface area contributed by atoms with Crippen LogP contribution < -0.4 is 4.74 Å². The number of hydrogen-bond acceptors (Lipinski definition) is 5. The maximum Gasteiger partial charge on any atom is 0.260 e. The first-order chi connectivity index (χ1) is 16.7. The van der Waals surface area contributed by atoms with E-state index in [9.17, 15) is 4.79 Å². The summed E-state index contributed by atoms with van der Waals surface area (Å²) in [4.78, 5) is 19.8. The summed E-state index contributed by atoms with van der Waals surface area (Å²) in [6, 6.07) is 26.0. The molecule has 0 N–H and O–H groups in total. The van der Waals surface area contributed by atoms with Gasteiger partial charge in [-0.3, -0.25) is 4.79 Å². The zero-order valence-corrected chi connectivity index (χ0v) is 19.5. The molecule has 1 saturated heterocycles. The number of ether oxygens (including phenoxy) is 2. The summed E-state index contributed by atoms with van der Waals surface area (Å²) in [7, 11) is 0. The van der Waals surface area contributed by atoms with Crippen molar-refractivity contribution in [1.29, 1.82) is 0 Å². The van der Waals surface area contributed by atoms with Crippen molar-refractivity contribution in [3.8, 4) is 5.75 Å². The lowest BCUT2D eigenvalue weighted by molar-refractivity contribution is -0.137. The smallest absolute Gasteiger partial charge is 0.260 e. The Kier molecular flexibility index (Phi) is 8.30. The third kappa shape index (κ3) is 6.93. The fourth-order valence-electron chi connectivity index (χ4n) is 3.64. The number of rotatable bonds is 9. The van der Waals surface area contributed by atoms with E-state index in [-0.39, 0.29) is 12.5 Å². The van der Waals surface area contributed by atoms with Crippen LogP contribution in [0.1, 0.15) is 22.3 Å². The maximum absolute atomic E-state index is 12.3. The second kappa shape index (κ2) is 12.0. The van der Waals surface area contributed by atoms with Gasteiger partial charge in [0.2, 0.25) is 0 Å². The molecule has 0 unspecified atom stereocenters. The molecular weight excluding hydrogens is 428 g/mol. The molecule has 0 radical (unpaired) electrons. The molecule has 1 heterocycles. The summed E-state index contributed by atoms with van der Waals surface area (Å²) >= 11 is 0.